The molecular formula is C20H29Cl2NO2. The van der Waals surface area contributed by atoms with Gasteiger partial charge in [0.05, 0.1) is 6.61 Å². The fourth-order valence-corrected chi connectivity index (χ4v) is 3.86. The Hall–Kier alpha value is -0.770. The molecule has 0 bridgehead atoms. The van der Waals surface area contributed by atoms with E-state index in [1.807, 2.05) is 12.1 Å². The van der Waals surface area contributed by atoms with Crippen molar-refractivity contribution >= 4 is 29.2 Å². The van der Waals surface area contributed by atoms with Gasteiger partial charge in [-0.1, -0.05) is 68.3 Å². The second-order valence-electron chi connectivity index (χ2n) is 6.82. The number of hydrogen-bond acceptors (Lipinski definition) is 3. The fourth-order valence-electron chi connectivity index (χ4n) is 3.29. The fraction of sp³-hybridized carbons (Fsp3) is 0.650. The van der Waals surface area contributed by atoms with Crippen molar-refractivity contribution in [1.29, 1.82) is 0 Å². The van der Waals surface area contributed by atoms with Gasteiger partial charge in [0.25, 0.3) is 0 Å². The number of rotatable bonds is 10. The highest BCUT2D eigenvalue weighted by Gasteiger charge is 2.39. The average molecular weight is 386 g/mol. The molecule has 0 aromatic heterocycles. The summed E-state index contributed by atoms with van der Waals surface area (Å²) >= 11 is 12.3. The zero-order valence-electron chi connectivity index (χ0n) is 15.3. The summed E-state index contributed by atoms with van der Waals surface area (Å²) in [5, 5.41) is 1.27. The SMILES string of the molecule is CCCCCCCCOC(=O)C1CCN1C(C)c1ccc(Cl)cc1Cl. The highest BCUT2D eigenvalue weighted by molar-refractivity contribution is 6.35. The van der Waals surface area contributed by atoms with Gasteiger partial charge in [0.2, 0.25) is 0 Å². The number of halogens is 2. The monoisotopic (exact) mass is 385 g/mol. The van der Waals surface area contributed by atoms with E-state index in [4.69, 9.17) is 27.9 Å². The molecule has 2 unspecified atom stereocenters. The van der Waals surface area contributed by atoms with E-state index in [2.05, 4.69) is 18.7 Å². The molecule has 1 heterocycles. The maximum absolute atomic E-state index is 12.3. The molecule has 0 aliphatic carbocycles. The third-order valence-corrected chi connectivity index (χ3v) is 5.55. The molecule has 0 N–H and O–H groups in total. The summed E-state index contributed by atoms with van der Waals surface area (Å²) in [4.78, 5) is 14.5. The highest BCUT2D eigenvalue weighted by Crippen LogP contribution is 2.35. The molecule has 140 valence electrons. The summed E-state index contributed by atoms with van der Waals surface area (Å²) in [6.07, 6.45) is 8.00. The topological polar surface area (TPSA) is 29.5 Å². The van der Waals surface area contributed by atoms with Crippen LogP contribution in [-0.2, 0) is 9.53 Å². The van der Waals surface area contributed by atoms with Crippen molar-refractivity contribution in [2.24, 2.45) is 0 Å². The maximum Gasteiger partial charge on any atom is 0.323 e. The van der Waals surface area contributed by atoms with Crippen LogP contribution < -0.4 is 0 Å². The van der Waals surface area contributed by atoms with E-state index in [0.29, 0.717) is 16.7 Å². The lowest BCUT2D eigenvalue weighted by atomic mass is 9.96. The smallest absolute Gasteiger partial charge is 0.323 e. The zero-order valence-corrected chi connectivity index (χ0v) is 16.8. The third-order valence-electron chi connectivity index (χ3n) is 4.99. The molecular weight excluding hydrogens is 357 g/mol. The molecule has 1 aromatic carbocycles. The standard InChI is InChI=1S/C20H29Cl2NO2/c1-3-4-5-6-7-8-13-25-20(24)19-11-12-23(19)15(2)17-10-9-16(21)14-18(17)22/h9-10,14-15,19H,3-8,11-13H2,1-2H3. The van der Waals surface area contributed by atoms with Gasteiger partial charge in [-0.15, -0.1) is 0 Å². The van der Waals surface area contributed by atoms with Crippen LogP contribution in [0.25, 0.3) is 0 Å². The Kier molecular flexibility index (Phi) is 8.54. The molecule has 0 amide bonds. The Labute approximate surface area is 161 Å². The minimum atomic E-state index is -0.151. The van der Waals surface area contributed by atoms with Crippen LogP contribution in [0.2, 0.25) is 10.0 Å². The molecule has 25 heavy (non-hydrogen) atoms. The predicted molar refractivity (Wildman–Crippen MR) is 104 cm³/mol. The van der Waals surface area contributed by atoms with E-state index in [9.17, 15) is 4.79 Å². The van der Waals surface area contributed by atoms with Crippen LogP contribution in [0.4, 0.5) is 0 Å². The number of hydrogen-bond donors (Lipinski definition) is 0. The number of carbonyl (C=O) groups is 1. The van der Waals surface area contributed by atoms with Gasteiger partial charge in [0, 0.05) is 22.6 Å². The Morgan fingerprint density at radius 3 is 2.60 bits per heavy atom. The lowest BCUT2D eigenvalue weighted by Gasteiger charge is -2.43. The minimum absolute atomic E-state index is 0.0742. The lowest BCUT2D eigenvalue weighted by molar-refractivity contribution is -0.157. The second kappa shape index (κ2) is 10.4. The van der Waals surface area contributed by atoms with Crippen LogP contribution >= 0.6 is 23.2 Å². The lowest BCUT2D eigenvalue weighted by Crippen LogP contribution is -2.53. The van der Waals surface area contributed by atoms with Gasteiger partial charge in [0.15, 0.2) is 0 Å². The first-order chi connectivity index (χ1) is 12.0. The van der Waals surface area contributed by atoms with Crippen molar-refractivity contribution in [2.45, 2.75) is 70.9 Å². The van der Waals surface area contributed by atoms with Gasteiger partial charge < -0.3 is 4.74 Å². The van der Waals surface area contributed by atoms with Crippen LogP contribution in [0.3, 0.4) is 0 Å². The summed E-state index contributed by atoms with van der Waals surface area (Å²) in [6, 6.07) is 5.45. The van der Waals surface area contributed by atoms with Crippen molar-refractivity contribution in [3.8, 4) is 0 Å². The second-order valence-corrected chi connectivity index (χ2v) is 7.66. The van der Waals surface area contributed by atoms with Crippen LogP contribution in [0.15, 0.2) is 18.2 Å². The van der Waals surface area contributed by atoms with E-state index in [0.717, 1.165) is 31.4 Å². The number of carbonyl (C=O) groups excluding carboxylic acids is 1. The van der Waals surface area contributed by atoms with E-state index in [1.165, 1.54) is 25.7 Å². The van der Waals surface area contributed by atoms with Gasteiger partial charge in [-0.25, -0.2) is 0 Å². The molecule has 2 rings (SSSR count). The molecule has 3 nitrogen and oxygen atoms in total. The Morgan fingerprint density at radius 2 is 1.96 bits per heavy atom. The maximum atomic E-state index is 12.3. The molecule has 0 radical (unpaired) electrons. The number of likely N-dealkylation sites (tertiary alicyclic amines) is 1. The van der Waals surface area contributed by atoms with Gasteiger partial charge in [-0.2, -0.15) is 0 Å². The summed E-state index contributed by atoms with van der Waals surface area (Å²) in [5.74, 6) is -0.100. The highest BCUT2D eigenvalue weighted by atomic mass is 35.5. The Morgan fingerprint density at radius 1 is 1.24 bits per heavy atom. The molecule has 2 atom stereocenters. The van der Waals surface area contributed by atoms with Crippen molar-refractivity contribution in [3.63, 3.8) is 0 Å². The number of ether oxygens (including phenoxy) is 1. The molecule has 1 saturated heterocycles. The molecule has 1 fully saturated rings. The Bertz CT molecular complexity index is 565. The summed E-state index contributed by atoms with van der Waals surface area (Å²) in [7, 11) is 0. The van der Waals surface area contributed by atoms with Crippen LogP contribution in [0.1, 0.15) is 70.4 Å². The number of benzene rings is 1. The first-order valence-corrected chi connectivity index (χ1v) is 10.2. The number of esters is 1. The zero-order chi connectivity index (χ0) is 18.2. The summed E-state index contributed by atoms with van der Waals surface area (Å²) < 4.78 is 5.48. The molecule has 5 heteroatoms. The predicted octanol–water partition coefficient (Wildman–Crippen LogP) is 6.03. The number of nitrogens with zero attached hydrogens (tertiary/aromatic N) is 1. The normalized spacial score (nSPS) is 18.6. The van der Waals surface area contributed by atoms with Gasteiger partial charge in [-0.05, 0) is 37.5 Å². The average Bonchev–Trinajstić information content (AvgIpc) is 2.52. The summed E-state index contributed by atoms with van der Waals surface area (Å²) in [5.41, 5.74) is 1.000. The first kappa shape index (κ1) is 20.5. The van der Waals surface area contributed by atoms with Gasteiger partial charge >= 0.3 is 5.97 Å². The largest absolute Gasteiger partial charge is 0.465 e. The third kappa shape index (κ3) is 5.87. The van der Waals surface area contributed by atoms with E-state index in [1.54, 1.807) is 6.07 Å². The summed E-state index contributed by atoms with van der Waals surface area (Å²) in [6.45, 7) is 5.70. The van der Waals surface area contributed by atoms with Crippen molar-refractivity contribution in [2.75, 3.05) is 13.2 Å². The van der Waals surface area contributed by atoms with Crippen LogP contribution in [0, 0.1) is 0 Å². The Balaban J connectivity index is 1.76. The molecule has 1 aliphatic rings. The molecule has 1 aliphatic heterocycles. The molecule has 0 spiro atoms. The van der Waals surface area contributed by atoms with Gasteiger partial charge in [-0.3, -0.25) is 9.69 Å². The quantitative estimate of drug-likeness (QED) is 0.363. The van der Waals surface area contributed by atoms with Crippen molar-refractivity contribution in [3.05, 3.63) is 33.8 Å². The van der Waals surface area contributed by atoms with Crippen LogP contribution in [-0.4, -0.2) is 30.1 Å². The van der Waals surface area contributed by atoms with E-state index >= 15 is 0 Å². The molecule has 1 aromatic rings. The minimum Gasteiger partial charge on any atom is -0.465 e. The van der Waals surface area contributed by atoms with Crippen molar-refractivity contribution < 1.29 is 9.53 Å². The number of unbranched alkanes of at least 4 members (excludes halogenated alkanes) is 5. The molecule has 0 saturated carbocycles. The van der Waals surface area contributed by atoms with Crippen molar-refractivity contribution in [1.82, 2.24) is 4.90 Å². The first-order valence-electron chi connectivity index (χ1n) is 9.42. The van der Waals surface area contributed by atoms with Crippen LogP contribution in [0.5, 0.6) is 0 Å². The van der Waals surface area contributed by atoms with E-state index in [-0.39, 0.29) is 18.1 Å². The van der Waals surface area contributed by atoms with E-state index < -0.39 is 0 Å². The van der Waals surface area contributed by atoms with Gasteiger partial charge in [0.1, 0.15) is 6.04 Å².